The van der Waals surface area contributed by atoms with Crippen LogP contribution in [0.4, 0.5) is 0 Å². The Morgan fingerprint density at radius 2 is 2.17 bits per heavy atom. The highest BCUT2D eigenvalue weighted by Gasteiger charge is 2.25. The highest BCUT2D eigenvalue weighted by Crippen LogP contribution is 2.23. The zero-order valence-electron chi connectivity index (χ0n) is 11.2. The fourth-order valence-corrected chi connectivity index (χ4v) is 1.65. The van der Waals surface area contributed by atoms with E-state index < -0.39 is 6.04 Å². The van der Waals surface area contributed by atoms with Crippen LogP contribution in [0.25, 0.3) is 0 Å². The molecular weight excluding hydrogens is 230 g/mol. The smallest absolute Gasteiger partial charge is 0.232 e. The minimum absolute atomic E-state index is 0.171. The number of nitrogens with two attached hydrogens (primary N) is 1. The van der Waals surface area contributed by atoms with E-state index in [0.29, 0.717) is 11.7 Å². The minimum atomic E-state index is -0.410. The highest BCUT2D eigenvalue weighted by molar-refractivity contribution is 5.15. The van der Waals surface area contributed by atoms with Crippen molar-refractivity contribution < 1.29 is 4.52 Å². The molecule has 1 atom stereocenters. The molecule has 0 bridgehead atoms. The van der Waals surface area contributed by atoms with Gasteiger partial charge in [0.05, 0.1) is 18.2 Å². The van der Waals surface area contributed by atoms with E-state index in [4.69, 9.17) is 10.3 Å². The molecular formula is C12H19N5O. The van der Waals surface area contributed by atoms with Crippen LogP contribution in [0.1, 0.15) is 51.1 Å². The van der Waals surface area contributed by atoms with Gasteiger partial charge in [-0.25, -0.2) is 4.98 Å². The van der Waals surface area contributed by atoms with Crippen LogP contribution in [0.15, 0.2) is 17.0 Å². The van der Waals surface area contributed by atoms with E-state index in [1.54, 1.807) is 12.5 Å². The lowest BCUT2D eigenvalue weighted by atomic mass is 9.97. The summed E-state index contributed by atoms with van der Waals surface area (Å²) in [5.41, 5.74) is 6.86. The van der Waals surface area contributed by atoms with E-state index in [-0.39, 0.29) is 5.41 Å². The molecule has 6 heteroatoms. The molecule has 0 aromatic carbocycles. The number of hydrogen-bond donors (Lipinski definition) is 1. The summed E-state index contributed by atoms with van der Waals surface area (Å²) < 4.78 is 7.22. The zero-order chi connectivity index (χ0) is 13.3. The Balaban J connectivity index is 2.29. The third-order valence-electron chi connectivity index (χ3n) is 2.77. The van der Waals surface area contributed by atoms with Crippen LogP contribution in [0.5, 0.6) is 0 Å². The number of hydrogen-bond acceptors (Lipinski definition) is 5. The summed E-state index contributed by atoms with van der Waals surface area (Å²) in [5, 5.41) is 3.96. The van der Waals surface area contributed by atoms with Gasteiger partial charge in [0, 0.05) is 12.0 Å². The first-order valence-corrected chi connectivity index (χ1v) is 6.03. The Morgan fingerprint density at radius 3 is 2.72 bits per heavy atom. The molecule has 0 radical (unpaired) electrons. The van der Waals surface area contributed by atoms with E-state index in [9.17, 15) is 0 Å². The second kappa shape index (κ2) is 4.53. The first-order chi connectivity index (χ1) is 8.43. The fraction of sp³-hybridized carbons (Fsp3) is 0.583. The number of aryl methyl sites for hydroxylation is 1. The molecule has 0 aliphatic rings. The highest BCUT2D eigenvalue weighted by atomic mass is 16.5. The van der Waals surface area contributed by atoms with Crippen molar-refractivity contribution >= 4 is 0 Å². The monoisotopic (exact) mass is 249 g/mol. The van der Waals surface area contributed by atoms with Crippen LogP contribution in [0, 0.1) is 0 Å². The van der Waals surface area contributed by atoms with E-state index in [1.807, 2.05) is 32.3 Å². The van der Waals surface area contributed by atoms with Crippen molar-refractivity contribution in [3.05, 3.63) is 29.9 Å². The molecule has 2 heterocycles. The summed E-state index contributed by atoms with van der Waals surface area (Å²) in [6.07, 6.45) is 3.49. The average Bonchev–Trinajstić information content (AvgIpc) is 2.96. The lowest BCUT2D eigenvalue weighted by Gasteiger charge is -2.11. The first kappa shape index (κ1) is 12.8. The van der Waals surface area contributed by atoms with Crippen LogP contribution in [-0.4, -0.2) is 19.7 Å². The second-order valence-electron chi connectivity index (χ2n) is 5.29. The van der Waals surface area contributed by atoms with Gasteiger partial charge >= 0.3 is 0 Å². The van der Waals surface area contributed by atoms with Crippen LogP contribution in [0.3, 0.4) is 0 Å². The standard InChI is InChI=1S/C12H19N5O/c1-5-17-7-14-6-8(17)9(13)10-15-11(18-16-10)12(2,3)4/h6-7,9H,5,13H2,1-4H3. The minimum Gasteiger partial charge on any atom is -0.339 e. The third kappa shape index (κ3) is 2.28. The van der Waals surface area contributed by atoms with Crippen molar-refractivity contribution in [1.29, 1.82) is 0 Å². The summed E-state index contributed by atoms with van der Waals surface area (Å²) in [5.74, 6) is 1.09. The largest absolute Gasteiger partial charge is 0.339 e. The van der Waals surface area contributed by atoms with Gasteiger partial charge in [-0.1, -0.05) is 25.9 Å². The second-order valence-corrected chi connectivity index (χ2v) is 5.29. The predicted molar refractivity (Wildman–Crippen MR) is 66.9 cm³/mol. The maximum absolute atomic E-state index is 6.15. The first-order valence-electron chi connectivity index (χ1n) is 6.03. The van der Waals surface area contributed by atoms with Gasteiger partial charge in [-0.15, -0.1) is 0 Å². The lowest BCUT2D eigenvalue weighted by Crippen LogP contribution is -2.18. The van der Waals surface area contributed by atoms with Gasteiger partial charge in [0.2, 0.25) is 5.89 Å². The Labute approximate surface area is 106 Å². The van der Waals surface area contributed by atoms with Crippen molar-refractivity contribution in [2.24, 2.45) is 5.73 Å². The van der Waals surface area contributed by atoms with Crippen molar-refractivity contribution in [1.82, 2.24) is 19.7 Å². The molecule has 0 aliphatic carbocycles. The Bertz CT molecular complexity index is 523. The molecule has 0 aliphatic heterocycles. The van der Waals surface area contributed by atoms with Gasteiger partial charge in [0.1, 0.15) is 6.04 Å². The topological polar surface area (TPSA) is 82.8 Å². The molecule has 2 aromatic heterocycles. The molecule has 0 spiro atoms. The van der Waals surface area contributed by atoms with Crippen molar-refractivity contribution in [3.8, 4) is 0 Å². The molecule has 18 heavy (non-hydrogen) atoms. The fourth-order valence-electron chi connectivity index (χ4n) is 1.65. The summed E-state index contributed by atoms with van der Waals surface area (Å²) in [6, 6.07) is -0.410. The Hall–Kier alpha value is -1.69. The zero-order valence-corrected chi connectivity index (χ0v) is 11.2. The van der Waals surface area contributed by atoms with Gasteiger partial charge in [-0.3, -0.25) is 0 Å². The number of nitrogens with zero attached hydrogens (tertiary/aromatic N) is 4. The molecule has 0 fully saturated rings. The molecule has 6 nitrogen and oxygen atoms in total. The molecule has 2 N–H and O–H groups in total. The molecule has 2 aromatic rings. The van der Waals surface area contributed by atoms with Crippen LogP contribution in [-0.2, 0) is 12.0 Å². The predicted octanol–water partition coefficient (Wildman–Crippen LogP) is 1.63. The molecule has 0 saturated carbocycles. The van der Waals surface area contributed by atoms with Crippen molar-refractivity contribution in [2.75, 3.05) is 0 Å². The normalized spacial score (nSPS) is 13.8. The van der Waals surface area contributed by atoms with Crippen LogP contribution < -0.4 is 5.73 Å². The summed E-state index contributed by atoms with van der Waals surface area (Å²) >= 11 is 0. The summed E-state index contributed by atoms with van der Waals surface area (Å²) in [7, 11) is 0. The van der Waals surface area contributed by atoms with E-state index in [1.165, 1.54) is 0 Å². The van der Waals surface area contributed by atoms with Gasteiger partial charge in [-0.05, 0) is 6.92 Å². The maximum atomic E-state index is 6.15. The maximum Gasteiger partial charge on any atom is 0.232 e. The van der Waals surface area contributed by atoms with Gasteiger partial charge in [-0.2, -0.15) is 4.98 Å². The molecule has 2 rings (SSSR count). The molecule has 1 unspecified atom stereocenters. The number of aromatic nitrogens is 4. The van der Waals surface area contributed by atoms with Gasteiger partial charge in [0.15, 0.2) is 5.82 Å². The Morgan fingerprint density at radius 1 is 1.44 bits per heavy atom. The molecule has 98 valence electrons. The SMILES string of the molecule is CCn1cncc1C(N)c1noc(C(C)(C)C)n1. The molecule has 0 saturated heterocycles. The van der Waals surface area contributed by atoms with E-state index in [0.717, 1.165) is 12.2 Å². The average molecular weight is 249 g/mol. The van der Waals surface area contributed by atoms with Crippen LogP contribution in [0.2, 0.25) is 0 Å². The number of imidazole rings is 1. The van der Waals surface area contributed by atoms with Crippen molar-refractivity contribution in [2.45, 2.75) is 45.7 Å². The summed E-state index contributed by atoms with van der Waals surface area (Å²) in [4.78, 5) is 8.46. The van der Waals surface area contributed by atoms with E-state index >= 15 is 0 Å². The van der Waals surface area contributed by atoms with Gasteiger partial charge < -0.3 is 14.8 Å². The quantitative estimate of drug-likeness (QED) is 0.894. The van der Waals surface area contributed by atoms with Crippen molar-refractivity contribution in [3.63, 3.8) is 0 Å². The summed E-state index contributed by atoms with van der Waals surface area (Å²) in [6.45, 7) is 8.91. The van der Waals surface area contributed by atoms with E-state index in [2.05, 4.69) is 15.1 Å². The lowest BCUT2D eigenvalue weighted by molar-refractivity contribution is 0.317. The number of rotatable bonds is 3. The van der Waals surface area contributed by atoms with Crippen LogP contribution >= 0.6 is 0 Å². The third-order valence-corrected chi connectivity index (χ3v) is 2.77. The van der Waals surface area contributed by atoms with Gasteiger partial charge in [0.25, 0.3) is 0 Å². The molecule has 0 amide bonds. The Kier molecular flexibility index (Phi) is 3.21.